The lowest BCUT2D eigenvalue weighted by Crippen LogP contribution is -2.33. The molecule has 1 fully saturated rings. The molecule has 2 aliphatic rings. The Morgan fingerprint density at radius 1 is 1.08 bits per heavy atom. The fraction of sp³-hybridized carbons (Fsp3) is 0.833. The first-order valence-electron chi connectivity index (χ1n) is 9.11. The van der Waals surface area contributed by atoms with Crippen LogP contribution in [0.3, 0.4) is 0 Å². The number of aliphatic hydroxyl groups excluding tert-OH is 2. The predicted octanol–water partition coefficient (Wildman–Crippen LogP) is 3.90. The summed E-state index contributed by atoms with van der Waals surface area (Å²) in [6.45, 7) is 4.31. The Bertz CT molecular complexity index is 460. The van der Waals surface area contributed by atoms with Crippen LogP contribution in [0.2, 0.25) is 0 Å². The Morgan fingerprint density at radius 3 is 2.29 bits per heavy atom. The van der Waals surface area contributed by atoms with E-state index in [1.54, 1.807) is 0 Å². The van der Waals surface area contributed by atoms with Gasteiger partial charge in [0.2, 0.25) is 5.76 Å². The first-order chi connectivity index (χ1) is 11.5. The van der Waals surface area contributed by atoms with E-state index in [2.05, 4.69) is 6.92 Å². The normalized spacial score (nSPS) is 30.2. The van der Waals surface area contributed by atoms with Crippen LogP contribution in [0.5, 0.6) is 0 Å². The summed E-state index contributed by atoms with van der Waals surface area (Å²) in [6.07, 6.45) is 9.08. The third kappa shape index (κ3) is 4.86. The molecule has 2 aliphatic heterocycles. The number of aliphatic hydroxyl groups is 2. The maximum Gasteiger partial charge on any atom is 0.377 e. The number of carbonyl (C=O) groups excluding carboxylic acids is 1. The molecule has 3 atom stereocenters. The SMILES string of the molecule is CCCCCCCCCCC1(C)OC[C@@H]([C@H]2OC(=O)C(O)=C2O)O1. The van der Waals surface area contributed by atoms with Crippen molar-refractivity contribution < 1.29 is 29.2 Å². The third-order valence-electron chi connectivity index (χ3n) is 4.72. The number of cyclic esters (lactones) is 1. The van der Waals surface area contributed by atoms with Crippen LogP contribution in [-0.2, 0) is 19.0 Å². The second-order valence-corrected chi connectivity index (χ2v) is 6.89. The molecule has 24 heavy (non-hydrogen) atoms. The number of hydrogen-bond donors (Lipinski definition) is 2. The Morgan fingerprint density at radius 2 is 1.71 bits per heavy atom. The molecule has 0 saturated carbocycles. The number of rotatable bonds is 10. The van der Waals surface area contributed by atoms with Crippen molar-refractivity contribution in [1.82, 2.24) is 0 Å². The molecule has 2 heterocycles. The van der Waals surface area contributed by atoms with Gasteiger partial charge in [-0.05, 0) is 13.3 Å². The van der Waals surface area contributed by atoms with Crippen molar-refractivity contribution in [1.29, 1.82) is 0 Å². The quantitative estimate of drug-likeness (QED) is 0.462. The van der Waals surface area contributed by atoms with E-state index in [-0.39, 0.29) is 6.61 Å². The monoisotopic (exact) mass is 342 g/mol. The summed E-state index contributed by atoms with van der Waals surface area (Å²) in [5.74, 6) is -2.85. The van der Waals surface area contributed by atoms with E-state index in [4.69, 9.17) is 14.2 Å². The highest BCUT2D eigenvalue weighted by Crippen LogP contribution is 2.34. The van der Waals surface area contributed by atoms with Crippen molar-refractivity contribution in [2.24, 2.45) is 0 Å². The topological polar surface area (TPSA) is 85.2 Å². The van der Waals surface area contributed by atoms with Crippen LogP contribution < -0.4 is 0 Å². The Hall–Kier alpha value is -1.27. The standard InChI is InChI=1S/C18H30O6/c1-3-4-5-6-7-8-9-10-11-18(2)22-12-13(24-18)16-14(19)15(20)17(21)23-16/h13,16,19-20H,3-12H2,1-2H3/t13-,16+,18?/m0/s1. The van der Waals surface area contributed by atoms with E-state index in [1.807, 2.05) is 6.92 Å². The van der Waals surface area contributed by atoms with Crippen molar-refractivity contribution >= 4 is 5.97 Å². The molecule has 0 aromatic carbocycles. The summed E-state index contributed by atoms with van der Waals surface area (Å²) in [5.41, 5.74) is 0. The van der Waals surface area contributed by atoms with Gasteiger partial charge < -0.3 is 24.4 Å². The average Bonchev–Trinajstić information content (AvgIpc) is 3.06. The van der Waals surface area contributed by atoms with Gasteiger partial charge >= 0.3 is 5.97 Å². The minimum atomic E-state index is -0.974. The highest BCUT2D eigenvalue weighted by atomic mass is 16.8. The lowest BCUT2D eigenvalue weighted by Gasteiger charge is -2.24. The van der Waals surface area contributed by atoms with Crippen molar-refractivity contribution in [2.75, 3.05) is 6.61 Å². The molecule has 0 amide bonds. The maximum absolute atomic E-state index is 11.3. The first-order valence-corrected chi connectivity index (χ1v) is 9.11. The Labute approximate surface area is 143 Å². The molecule has 0 aromatic rings. The van der Waals surface area contributed by atoms with Crippen molar-refractivity contribution in [3.8, 4) is 0 Å². The van der Waals surface area contributed by atoms with Crippen molar-refractivity contribution in [3.63, 3.8) is 0 Å². The van der Waals surface area contributed by atoms with Gasteiger partial charge in [-0.2, -0.15) is 0 Å². The Kier molecular flexibility index (Phi) is 6.92. The lowest BCUT2D eigenvalue weighted by atomic mass is 10.0. The van der Waals surface area contributed by atoms with E-state index in [0.29, 0.717) is 0 Å². The molecule has 0 aromatic heterocycles. The van der Waals surface area contributed by atoms with Gasteiger partial charge in [-0.1, -0.05) is 51.9 Å². The van der Waals surface area contributed by atoms with Gasteiger partial charge in [-0.15, -0.1) is 0 Å². The minimum absolute atomic E-state index is 0.225. The number of unbranched alkanes of at least 4 members (excludes halogenated alkanes) is 7. The van der Waals surface area contributed by atoms with Crippen LogP contribution in [0.4, 0.5) is 0 Å². The summed E-state index contributed by atoms with van der Waals surface area (Å²) in [4.78, 5) is 11.3. The predicted molar refractivity (Wildman–Crippen MR) is 88.6 cm³/mol. The Balaban J connectivity index is 1.66. The number of esters is 1. The lowest BCUT2D eigenvalue weighted by molar-refractivity contribution is -0.175. The second kappa shape index (κ2) is 8.72. The van der Waals surface area contributed by atoms with E-state index in [1.165, 1.54) is 38.5 Å². The molecular weight excluding hydrogens is 312 g/mol. The molecule has 2 rings (SSSR count). The van der Waals surface area contributed by atoms with Crippen LogP contribution in [0.25, 0.3) is 0 Å². The zero-order valence-corrected chi connectivity index (χ0v) is 14.8. The molecule has 0 spiro atoms. The molecule has 6 heteroatoms. The van der Waals surface area contributed by atoms with Crippen LogP contribution in [-0.4, -0.2) is 40.8 Å². The van der Waals surface area contributed by atoms with Gasteiger partial charge in [-0.25, -0.2) is 4.79 Å². The maximum atomic E-state index is 11.3. The second-order valence-electron chi connectivity index (χ2n) is 6.89. The van der Waals surface area contributed by atoms with Gasteiger partial charge in [0.1, 0.15) is 6.10 Å². The number of carbonyl (C=O) groups is 1. The van der Waals surface area contributed by atoms with E-state index in [0.717, 1.165) is 19.3 Å². The van der Waals surface area contributed by atoms with Gasteiger partial charge in [-0.3, -0.25) is 0 Å². The van der Waals surface area contributed by atoms with Gasteiger partial charge in [0.05, 0.1) is 6.61 Å². The molecule has 0 radical (unpaired) electrons. The number of ether oxygens (including phenoxy) is 3. The summed E-state index contributed by atoms with van der Waals surface area (Å²) in [6, 6.07) is 0. The smallest absolute Gasteiger partial charge is 0.377 e. The van der Waals surface area contributed by atoms with Crippen LogP contribution >= 0.6 is 0 Å². The van der Waals surface area contributed by atoms with Crippen LogP contribution in [0, 0.1) is 0 Å². The zero-order valence-electron chi connectivity index (χ0n) is 14.8. The highest BCUT2D eigenvalue weighted by Gasteiger charge is 2.47. The molecule has 6 nitrogen and oxygen atoms in total. The minimum Gasteiger partial charge on any atom is -0.505 e. The van der Waals surface area contributed by atoms with Crippen LogP contribution in [0.1, 0.15) is 71.6 Å². The van der Waals surface area contributed by atoms with E-state index >= 15 is 0 Å². The molecule has 1 unspecified atom stereocenters. The summed E-state index contributed by atoms with van der Waals surface area (Å²) in [5, 5.41) is 19.1. The van der Waals surface area contributed by atoms with Gasteiger partial charge in [0, 0.05) is 6.42 Å². The molecule has 138 valence electrons. The van der Waals surface area contributed by atoms with E-state index < -0.39 is 35.5 Å². The van der Waals surface area contributed by atoms with Gasteiger partial charge in [0.25, 0.3) is 0 Å². The fourth-order valence-corrected chi connectivity index (χ4v) is 3.23. The molecule has 1 saturated heterocycles. The van der Waals surface area contributed by atoms with Crippen LogP contribution in [0.15, 0.2) is 11.5 Å². The number of hydrogen-bond acceptors (Lipinski definition) is 6. The van der Waals surface area contributed by atoms with E-state index in [9.17, 15) is 15.0 Å². The first kappa shape index (κ1) is 19.1. The average molecular weight is 342 g/mol. The summed E-state index contributed by atoms with van der Waals surface area (Å²) < 4.78 is 16.5. The zero-order chi connectivity index (χ0) is 17.6. The van der Waals surface area contributed by atoms with Gasteiger partial charge in [0.15, 0.2) is 17.7 Å². The highest BCUT2D eigenvalue weighted by molar-refractivity contribution is 5.89. The van der Waals surface area contributed by atoms with Crippen molar-refractivity contribution in [2.45, 2.75) is 89.6 Å². The largest absolute Gasteiger partial charge is 0.505 e. The molecular formula is C18H30O6. The third-order valence-corrected chi connectivity index (χ3v) is 4.72. The molecule has 2 N–H and O–H groups in total. The molecule has 0 aliphatic carbocycles. The fourth-order valence-electron chi connectivity index (χ4n) is 3.23. The molecule has 0 bridgehead atoms. The summed E-state index contributed by atoms with van der Waals surface area (Å²) in [7, 11) is 0. The summed E-state index contributed by atoms with van der Waals surface area (Å²) >= 11 is 0. The van der Waals surface area contributed by atoms with Crippen molar-refractivity contribution in [3.05, 3.63) is 11.5 Å².